The van der Waals surface area contributed by atoms with Gasteiger partial charge >= 0.3 is 4.87 Å². The molecule has 2 aliphatic carbocycles. The van der Waals surface area contributed by atoms with Gasteiger partial charge in [-0.1, -0.05) is 39.4 Å². The largest absolute Gasteiger partial charge is 0.325 e. The number of carbonyl (C=O) groups excluding carboxylic acids is 1. The molecule has 2 fully saturated rings. The topological polar surface area (TPSA) is 51.1 Å². The van der Waals surface area contributed by atoms with Gasteiger partial charge in [0.15, 0.2) is 0 Å². The Morgan fingerprint density at radius 3 is 2.73 bits per heavy atom. The summed E-state index contributed by atoms with van der Waals surface area (Å²) < 4.78 is 15.9. The number of nitrogens with one attached hydrogen (secondary N) is 1. The van der Waals surface area contributed by atoms with Gasteiger partial charge in [0, 0.05) is 26.2 Å². The van der Waals surface area contributed by atoms with Gasteiger partial charge in [0.1, 0.15) is 12.4 Å². The second kappa shape index (κ2) is 8.40. The van der Waals surface area contributed by atoms with E-state index in [9.17, 15) is 14.0 Å². The third-order valence-corrected chi connectivity index (χ3v) is 10.6. The van der Waals surface area contributed by atoms with Crippen LogP contribution in [0, 0.1) is 23.6 Å². The molecule has 4 nitrogen and oxygen atoms in total. The summed E-state index contributed by atoms with van der Waals surface area (Å²) in [5, 5.41) is 4.23. The van der Waals surface area contributed by atoms with Gasteiger partial charge in [-0.25, -0.2) is 4.39 Å². The van der Waals surface area contributed by atoms with Gasteiger partial charge in [0.2, 0.25) is 5.91 Å². The van der Waals surface area contributed by atoms with Crippen molar-refractivity contribution >= 4 is 50.6 Å². The van der Waals surface area contributed by atoms with Crippen molar-refractivity contribution in [3.63, 3.8) is 0 Å². The molecule has 1 aliphatic heterocycles. The molecular formula is C25H22BrFN2O2S2. The first-order valence-electron chi connectivity index (χ1n) is 11.2. The predicted octanol–water partition coefficient (Wildman–Crippen LogP) is 6.10. The number of aromatic nitrogens is 1. The highest BCUT2D eigenvalue weighted by molar-refractivity contribution is 9.10. The van der Waals surface area contributed by atoms with Crippen molar-refractivity contribution in [2.75, 3.05) is 5.32 Å². The van der Waals surface area contributed by atoms with Crippen LogP contribution in [0.4, 0.5) is 10.1 Å². The van der Waals surface area contributed by atoms with Crippen molar-refractivity contribution in [2.45, 2.75) is 42.0 Å². The number of halogens is 2. The molecule has 2 heterocycles. The number of benzene rings is 2. The summed E-state index contributed by atoms with van der Waals surface area (Å²) in [4.78, 5) is 26.9. The summed E-state index contributed by atoms with van der Waals surface area (Å²) >= 11 is 6.74. The van der Waals surface area contributed by atoms with Crippen molar-refractivity contribution in [1.82, 2.24) is 4.57 Å². The van der Waals surface area contributed by atoms with E-state index in [1.807, 2.05) is 17.8 Å². The maximum Gasteiger partial charge on any atom is 0.308 e. The zero-order valence-corrected chi connectivity index (χ0v) is 20.9. The number of rotatable bonds is 4. The Balaban J connectivity index is 1.37. The van der Waals surface area contributed by atoms with E-state index in [0.717, 1.165) is 14.4 Å². The van der Waals surface area contributed by atoms with E-state index < -0.39 is 0 Å². The molecule has 0 spiro atoms. The molecule has 3 aliphatic rings. The standard InChI is InChI=1S/C25H22BrFN2O2S2/c26-16-3-1-2-13(11-16)21-20-14-4-5-15(10-14)22(20)32-24-23(21)33-25(31)29(24)12-19(30)28-18-8-6-17(27)7-9-18/h1-3,6-9,11,14-15,20-22H,4-5,10,12H2,(H,28,30)/t14?,15?,20?,21-,22?/m1/s1. The number of thioether (sulfide) groups is 1. The molecule has 3 aromatic rings. The maximum atomic E-state index is 13.2. The van der Waals surface area contributed by atoms with E-state index in [2.05, 4.69) is 39.4 Å². The van der Waals surface area contributed by atoms with Gasteiger partial charge in [0.25, 0.3) is 0 Å². The number of fused-ring (bicyclic) bond motifs is 6. The van der Waals surface area contributed by atoms with E-state index in [1.165, 1.54) is 60.4 Å². The summed E-state index contributed by atoms with van der Waals surface area (Å²) in [6.07, 6.45) is 3.82. The van der Waals surface area contributed by atoms with Crippen molar-refractivity contribution in [1.29, 1.82) is 0 Å². The minimum absolute atomic E-state index is 0.0360. The molecule has 0 radical (unpaired) electrons. The third kappa shape index (κ3) is 3.80. The maximum absolute atomic E-state index is 13.2. The lowest BCUT2D eigenvalue weighted by molar-refractivity contribution is -0.116. The minimum Gasteiger partial charge on any atom is -0.325 e. The van der Waals surface area contributed by atoms with Crippen LogP contribution < -0.4 is 10.2 Å². The summed E-state index contributed by atoms with van der Waals surface area (Å²) in [5.74, 6) is 1.49. The van der Waals surface area contributed by atoms with E-state index >= 15 is 0 Å². The lowest BCUT2D eigenvalue weighted by Gasteiger charge is -2.40. The van der Waals surface area contributed by atoms with Gasteiger partial charge in [-0.05, 0) is 79.0 Å². The smallest absolute Gasteiger partial charge is 0.308 e. The first-order valence-corrected chi connectivity index (χ1v) is 13.7. The molecule has 33 heavy (non-hydrogen) atoms. The van der Waals surface area contributed by atoms with Crippen molar-refractivity contribution in [3.8, 4) is 0 Å². The summed E-state index contributed by atoms with van der Waals surface area (Å²) in [6, 6.07) is 14.1. The molecule has 0 saturated heterocycles. The van der Waals surface area contributed by atoms with Crippen LogP contribution in [0.3, 0.4) is 0 Å². The Labute approximate surface area is 207 Å². The quantitative estimate of drug-likeness (QED) is 0.431. The lowest BCUT2D eigenvalue weighted by atomic mass is 9.75. The van der Waals surface area contributed by atoms with Gasteiger partial charge in [-0.2, -0.15) is 0 Å². The predicted molar refractivity (Wildman–Crippen MR) is 134 cm³/mol. The molecule has 2 aromatic carbocycles. The minimum atomic E-state index is -0.355. The Morgan fingerprint density at radius 2 is 1.94 bits per heavy atom. The second-order valence-corrected chi connectivity index (χ2v) is 12.3. The number of hydrogen-bond acceptors (Lipinski definition) is 4. The van der Waals surface area contributed by atoms with E-state index in [-0.39, 0.29) is 29.1 Å². The van der Waals surface area contributed by atoms with Crippen LogP contribution in [-0.4, -0.2) is 15.7 Å². The van der Waals surface area contributed by atoms with Crippen LogP contribution in [0.15, 0.2) is 62.8 Å². The third-order valence-electron chi connectivity index (χ3n) is 7.33. The van der Waals surface area contributed by atoms with Crippen LogP contribution in [0.2, 0.25) is 0 Å². The number of hydrogen-bond donors (Lipinski definition) is 1. The Hall–Kier alpha value is -1.90. The van der Waals surface area contributed by atoms with Crippen LogP contribution >= 0.6 is 39.0 Å². The summed E-state index contributed by atoms with van der Waals surface area (Å²) in [6.45, 7) is -0.0360. The van der Waals surface area contributed by atoms with E-state index in [4.69, 9.17) is 0 Å². The molecule has 2 saturated carbocycles. The molecule has 5 atom stereocenters. The molecular weight excluding hydrogens is 523 g/mol. The van der Waals surface area contributed by atoms with Gasteiger partial charge in [0.05, 0.1) is 5.03 Å². The lowest BCUT2D eigenvalue weighted by Crippen LogP contribution is -2.34. The van der Waals surface area contributed by atoms with Crippen LogP contribution in [0.5, 0.6) is 0 Å². The van der Waals surface area contributed by atoms with Crippen molar-refractivity contribution in [2.24, 2.45) is 17.8 Å². The van der Waals surface area contributed by atoms with Gasteiger partial charge in [-0.15, -0.1) is 11.8 Å². The number of anilines is 1. The number of nitrogens with zero attached hydrogens (tertiary/aromatic N) is 1. The summed E-state index contributed by atoms with van der Waals surface area (Å²) in [7, 11) is 0. The zero-order chi connectivity index (χ0) is 22.7. The fourth-order valence-electron chi connectivity index (χ4n) is 6.04. The molecule has 1 amide bonds. The number of amides is 1. The Bertz CT molecular complexity index is 1290. The second-order valence-electron chi connectivity index (χ2n) is 9.20. The molecule has 4 unspecified atom stereocenters. The fourth-order valence-corrected chi connectivity index (χ4v) is 9.61. The normalized spacial score (nSPS) is 27.3. The molecule has 1 N–H and O–H groups in total. The Morgan fingerprint density at radius 1 is 1.15 bits per heavy atom. The molecule has 170 valence electrons. The zero-order valence-electron chi connectivity index (χ0n) is 17.7. The van der Waals surface area contributed by atoms with Crippen molar-refractivity contribution in [3.05, 3.63) is 78.9 Å². The van der Waals surface area contributed by atoms with E-state index in [0.29, 0.717) is 28.7 Å². The fraction of sp³-hybridized carbons (Fsp3) is 0.360. The Kier molecular flexibility index (Phi) is 5.50. The first kappa shape index (κ1) is 21.6. The van der Waals surface area contributed by atoms with Crippen LogP contribution in [0.1, 0.15) is 35.6 Å². The highest BCUT2D eigenvalue weighted by Gasteiger charge is 2.55. The van der Waals surface area contributed by atoms with Gasteiger partial charge < -0.3 is 5.32 Å². The highest BCUT2D eigenvalue weighted by atomic mass is 79.9. The average molecular weight is 545 g/mol. The molecule has 1 aromatic heterocycles. The van der Waals surface area contributed by atoms with Crippen LogP contribution in [0.25, 0.3) is 0 Å². The number of thiazole rings is 1. The van der Waals surface area contributed by atoms with Gasteiger partial charge in [-0.3, -0.25) is 14.2 Å². The summed E-state index contributed by atoms with van der Waals surface area (Å²) in [5.41, 5.74) is 1.77. The molecule has 2 bridgehead atoms. The SMILES string of the molecule is O=C(Cn1c2c(sc1=O)[C@H](c1cccc(Br)c1)C1C3CCC(C3)C1S2)Nc1ccc(F)cc1. The van der Waals surface area contributed by atoms with Crippen LogP contribution in [-0.2, 0) is 11.3 Å². The average Bonchev–Trinajstić information content (AvgIpc) is 3.48. The first-order chi connectivity index (χ1) is 16.0. The molecule has 6 rings (SSSR count). The number of carbonyl (C=O) groups is 1. The van der Waals surface area contributed by atoms with E-state index in [1.54, 1.807) is 4.57 Å². The molecule has 8 heteroatoms. The highest BCUT2D eigenvalue weighted by Crippen LogP contribution is 2.64. The monoisotopic (exact) mass is 544 g/mol. The van der Waals surface area contributed by atoms with Crippen molar-refractivity contribution < 1.29 is 9.18 Å².